The summed E-state index contributed by atoms with van der Waals surface area (Å²) in [6, 6.07) is 1.78. The van der Waals surface area contributed by atoms with Crippen LogP contribution >= 0.6 is 0 Å². The van der Waals surface area contributed by atoms with Crippen molar-refractivity contribution >= 4 is 0 Å². The molecule has 0 spiro atoms. The molecule has 0 aromatic heterocycles. The Kier molecular flexibility index (Phi) is 4.45. The smallest absolute Gasteiger partial charge is 0.316 e. The van der Waals surface area contributed by atoms with E-state index in [-0.39, 0.29) is 12.0 Å². The summed E-state index contributed by atoms with van der Waals surface area (Å²) in [6.07, 6.45) is -5.63. The lowest BCUT2D eigenvalue weighted by Gasteiger charge is -2.18. The minimum absolute atomic E-state index is 0.0615. The molecular weight excluding hydrogens is 241 g/mol. The second kappa shape index (κ2) is 5.44. The molecule has 1 unspecified atom stereocenters. The van der Waals surface area contributed by atoms with Gasteiger partial charge >= 0.3 is 6.18 Å². The Hall–Kier alpha value is -1.17. The van der Waals surface area contributed by atoms with Gasteiger partial charge in [-0.15, -0.1) is 0 Å². The first-order chi connectivity index (χ1) is 7.81. The van der Waals surface area contributed by atoms with Gasteiger partial charge in [-0.1, -0.05) is 0 Å². The molecule has 1 rings (SSSR count). The first-order valence-electron chi connectivity index (χ1n) is 5.00. The number of rotatable bonds is 4. The molecular formula is C11H12F5N. The van der Waals surface area contributed by atoms with Crippen LogP contribution in [0.4, 0.5) is 22.0 Å². The quantitative estimate of drug-likeness (QED) is 0.813. The highest BCUT2D eigenvalue weighted by Crippen LogP contribution is 2.23. The van der Waals surface area contributed by atoms with E-state index in [0.29, 0.717) is 0 Å². The van der Waals surface area contributed by atoms with Crippen molar-refractivity contribution in [2.24, 2.45) is 0 Å². The molecule has 0 aliphatic heterocycles. The van der Waals surface area contributed by atoms with Crippen molar-refractivity contribution in [2.75, 3.05) is 7.05 Å². The molecule has 6 heteroatoms. The summed E-state index contributed by atoms with van der Waals surface area (Å²) in [5.74, 6) is -1.36. The third-order valence-electron chi connectivity index (χ3n) is 2.36. The Labute approximate surface area is 95.6 Å². The Bertz CT molecular complexity index is 375. The average Bonchev–Trinajstić information content (AvgIpc) is 2.20. The van der Waals surface area contributed by atoms with Gasteiger partial charge in [0.15, 0.2) is 0 Å². The van der Waals surface area contributed by atoms with Gasteiger partial charge in [-0.25, -0.2) is 8.78 Å². The van der Waals surface area contributed by atoms with Crippen LogP contribution < -0.4 is 5.32 Å². The summed E-state index contributed by atoms with van der Waals surface area (Å²) in [7, 11) is 1.35. The van der Waals surface area contributed by atoms with Gasteiger partial charge in [-0.2, -0.15) is 13.2 Å². The Morgan fingerprint density at radius 2 is 1.88 bits per heavy atom. The number of likely N-dealkylation sites (N-methyl/N-ethyl adjacent to an activating group) is 1. The maximum absolute atomic E-state index is 13.2. The molecule has 0 heterocycles. The van der Waals surface area contributed by atoms with Crippen LogP contribution in [0.2, 0.25) is 0 Å². The molecule has 0 saturated heterocycles. The summed E-state index contributed by atoms with van der Waals surface area (Å²) < 4.78 is 62.6. The second-order valence-electron chi connectivity index (χ2n) is 3.74. The zero-order chi connectivity index (χ0) is 13.1. The maximum Gasteiger partial charge on any atom is 0.390 e. The van der Waals surface area contributed by atoms with E-state index < -0.39 is 30.3 Å². The number of hydrogen-bond acceptors (Lipinski definition) is 1. The molecule has 0 saturated carbocycles. The lowest BCUT2D eigenvalue weighted by atomic mass is 10.0. The van der Waals surface area contributed by atoms with E-state index >= 15 is 0 Å². The highest BCUT2D eigenvalue weighted by molar-refractivity contribution is 5.19. The summed E-state index contributed by atoms with van der Waals surface area (Å²) >= 11 is 0. The van der Waals surface area contributed by atoms with Crippen LogP contribution in [0.1, 0.15) is 12.0 Å². The van der Waals surface area contributed by atoms with Gasteiger partial charge < -0.3 is 5.32 Å². The van der Waals surface area contributed by atoms with Crippen molar-refractivity contribution in [3.8, 4) is 0 Å². The fourth-order valence-corrected chi connectivity index (χ4v) is 1.52. The minimum Gasteiger partial charge on any atom is -0.316 e. The van der Waals surface area contributed by atoms with Gasteiger partial charge in [0.1, 0.15) is 11.6 Å². The normalized spacial score (nSPS) is 13.8. The highest BCUT2D eigenvalue weighted by atomic mass is 19.4. The van der Waals surface area contributed by atoms with Crippen LogP contribution in [-0.2, 0) is 6.42 Å². The second-order valence-corrected chi connectivity index (χ2v) is 3.74. The number of benzene rings is 1. The predicted molar refractivity (Wildman–Crippen MR) is 53.6 cm³/mol. The van der Waals surface area contributed by atoms with E-state index in [0.717, 1.165) is 18.2 Å². The van der Waals surface area contributed by atoms with Gasteiger partial charge in [-0.05, 0) is 37.2 Å². The Balaban J connectivity index is 2.77. The van der Waals surface area contributed by atoms with Crippen LogP contribution in [0.25, 0.3) is 0 Å². The van der Waals surface area contributed by atoms with Crippen LogP contribution in [0.15, 0.2) is 18.2 Å². The summed E-state index contributed by atoms with van der Waals surface area (Å²) in [6.45, 7) is 0. The van der Waals surface area contributed by atoms with Gasteiger partial charge in [0, 0.05) is 6.04 Å². The molecule has 0 radical (unpaired) electrons. The van der Waals surface area contributed by atoms with Gasteiger partial charge in [0.2, 0.25) is 0 Å². The first-order valence-corrected chi connectivity index (χ1v) is 5.00. The van der Waals surface area contributed by atoms with Crippen LogP contribution in [-0.4, -0.2) is 19.3 Å². The summed E-state index contributed by atoms with van der Waals surface area (Å²) in [4.78, 5) is 0. The molecule has 0 fully saturated rings. The number of nitrogens with one attached hydrogen (secondary N) is 1. The molecule has 0 amide bonds. The Morgan fingerprint density at radius 3 is 2.41 bits per heavy atom. The topological polar surface area (TPSA) is 12.0 Å². The predicted octanol–water partition coefficient (Wildman–Crippen LogP) is 3.05. The van der Waals surface area contributed by atoms with Gasteiger partial charge in [0.05, 0.1) is 6.42 Å². The zero-order valence-corrected chi connectivity index (χ0v) is 9.11. The fourth-order valence-electron chi connectivity index (χ4n) is 1.52. The molecule has 1 atom stereocenters. The van der Waals surface area contributed by atoms with E-state index in [1.807, 2.05) is 0 Å². The van der Waals surface area contributed by atoms with E-state index in [4.69, 9.17) is 0 Å². The summed E-state index contributed by atoms with van der Waals surface area (Å²) in [5.41, 5.74) is -0.0615. The fraction of sp³-hybridized carbons (Fsp3) is 0.455. The van der Waals surface area contributed by atoms with Gasteiger partial charge in [0.25, 0.3) is 0 Å². The standard InChI is InChI=1S/C11H12F5N/c1-17-9(6-11(14,15)16)5-7-4-8(12)2-3-10(7)13/h2-4,9,17H,5-6H2,1H3. The van der Waals surface area contributed by atoms with Crippen LogP contribution in [0.5, 0.6) is 0 Å². The van der Waals surface area contributed by atoms with Crippen molar-refractivity contribution in [2.45, 2.75) is 25.1 Å². The van der Waals surface area contributed by atoms with Crippen LogP contribution in [0, 0.1) is 11.6 Å². The lowest BCUT2D eigenvalue weighted by molar-refractivity contribution is -0.139. The lowest BCUT2D eigenvalue weighted by Crippen LogP contribution is -2.33. The molecule has 0 bridgehead atoms. The van der Waals surface area contributed by atoms with E-state index in [1.165, 1.54) is 7.05 Å². The number of hydrogen-bond donors (Lipinski definition) is 1. The highest BCUT2D eigenvalue weighted by Gasteiger charge is 2.31. The molecule has 1 aromatic carbocycles. The third kappa shape index (κ3) is 4.68. The van der Waals surface area contributed by atoms with Crippen molar-refractivity contribution in [1.82, 2.24) is 5.32 Å². The molecule has 1 N–H and O–H groups in total. The first kappa shape index (κ1) is 13.9. The van der Waals surface area contributed by atoms with E-state index in [1.54, 1.807) is 0 Å². The van der Waals surface area contributed by atoms with Crippen LogP contribution in [0.3, 0.4) is 0 Å². The van der Waals surface area contributed by atoms with Crippen molar-refractivity contribution in [3.63, 3.8) is 0 Å². The third-order valence-corrected chi connectivity index (χ3v) is 2.36. The minimum atomic E-state index is -4.34. The Morgan fingerprint density at radius 1 is 1.24 bits per heavy atom. The van der Waals surface area contributed by atoms with Crippen molar-refractivity contribution in [1.29, 1.82) is 0 Å². The molecule has 0 aliphatic carbocycles. The summed E-state index contributed by atoms with van der Waals surface area (Å²) in [5, 5.41) is 2.44. The monoisotopic (exact) mass is 253 g/mol. The molecule has 1 aromatic rings. The number of halogens is 5. The molecule has 1 nitrogen and oxygen atoms in total. The van der Waals surface area contributed by atoms with Crippen molar-refractivity contribution in [3.05, 3.63) is 35.4 Å². The van der Waals surface area contributed by atoms with E-state index in [2.05, 4.69) is 5.32 Å². The maximum atomic E-state index is 13.2. The SMILES string of the molecule is CNC(Cc1cc(F)ccc1F)CC(F)(F)F. The molecule has 17 heavy (non-hydrogen) atoms. The zero-order valence-electron chi connectivity index (χ0n) is 9.11. The number of alkyl halides is 3. The van der Waals surface area contributed by atoms with Gasteiger partial charge in [-0.3, -0.25) is 0 Å². The average molecular weight is 253 g/mol. The largest absolute Gasteiger partial charge is 0.390 e. The molecule has 0 aliphatic rings. The van der Waals surface area contributed by atoms with E-state index in [9.17, 15) is 22.0 Å². The molecule has 96 valence electrons. The van der Waals surface area contributed by atoms with Crippen molar-refractivity contribution < 1.29 is 22.0 Å².